The van der Waals surface area contributed by atoms with E-state index >= 15 is 0 Å². The van der Waals surface area contributed by atoms with Gasteiger partial charge in [-0.05, 0) is 32.2 Å². The Bertz CT molecular complexity index is 308. The van der Waals surface area contributed by atoms with Crippen LogP contribution in [0.2, 0.25) is 0 Å². The van der Waals surface area contributed by atoms with E-state index in [-0.39, 0.29) is 9.66 Å². The average molecular weight is 341 g/mol. The van der Waals surface area contributed by atoms with Gasteiger partial charge in [0.05, 0.1) is 11.5 Å². The van der Waals surface area contributed by atoms with Gasteiger partial charge in [-0.15, -0.1) is 0 Å². The molecular formula is C8H4F6I. The highest BCUT2D eigenvalue weighted by atomic mass is 127. The van der Waals surface area contributed by atoms with E-state index in [9.17, 15) is 26.3 Å². The third kappa shape index (κ3) is 3.39. The van der Waals surface area contributed by atoms with E-state index in [0.717, 1.165) is 6.42 Å². The molecule has 15 heavy (non-hydrogen) atoms. The molecule has 0 bridgehead atoms. The van der Waals surface area contributed by atoms with Gasteiger partial charge in [0.25, 0.3) is 0 Å². The van der Waals surface area contributed by atoms with Gasteiger partial charge in [-0.1, -0.05) is 6.08 Å². The molecule has 0 heterocycles. The fourth-order valence-corrected chi connectivity index (χ4v) is 1.75. The Morgan fingerprint density at radius 2 is 1.60 bits per heavy atom. The van der Waals surface area contributed by atoms with Crippen LogP contribution >= 0.6 is 22.6 Å². The van der Waals surface area contributed by atoms with E-state index in [1.54, 1.807) is 0 Å². The van der Waals surface area contributed by atoms with Crippen molar-refractivity contribution in [1.29, 1.82) is 0 Å². The molecule has 0 N–H and O–H groups in total. The van der Waals surface area contributed by atoms with Gasteiger partial charge in [0, 0.05) is 6.42 Å². The second kappa shape index (κ2) is 3.99. The second-order valence-electron chi connectivity index (χ2n) is 2.88. The maximum absolute atomic E-state index is 12.2. The van der Waals surface area contributed by atoms with Crippen LogP contribution in [0.3, 0.4) is 0 Å². The molecule has 0 nitrogen and oxygen atoms in total. The fraction of sp³-hybridized carbons (Fsp3) is 0.375. The smallest absolute Gasteiger partial charge is 0.170 e. The zero-order chi connectivity index (χ0) is 11.9. The van der Waals surface area contributed by atoms with Crippen molar-refractivity contribution in [1.82, 2.24) is 0 Å². The molecule has 0 aromatic heterocycles. The van der Waals surface area contributed by atoms with Crippen LogP contribution in [0.4, 0.5) is 26.3 Å². The number of alkyl halides is 6. The van der Waals surface area contributed by atoms with Crippen LogP contribution in [-0.2, 0) is 0 Å². The quantitative estimate of drug-likeness (QED) is 0.458. The van der Waals surface area contributed by atoms with E-state index in [4.69, 9.17) is 0 Å². The maximum Gasteiger partial charge on any atom is 0.416 e. The number of halogens is 7. The first-order valence-corrected chi connectivity index (χ1v) is 4.76. The van der Waals surface area contributed by atoms with Crippen molar-refractivity contribution in [2.75, 3.05) is 0 Å². The van der Waals surface area contributed by atoms with Crippen LogP contribution in [0.1, 0.15) is 0 Å². The number of hydrogen-bond donors (Lipinski definition) is 0. The molecule has 0 saturated carbocycles. The molecule has 0 aromatic rings. The Morgan fingerprint density at radius 1 is 1.07 bits per heavy atom. The van der Waals surface area contributed by atoms with E-state index in [1.165, 1.54) is 22.6 Å². The molecule has 85 valence electrons. The highest BCUT2D eigenvalue weighted by molar-refractivity contribution is 14.1. The zero-order valence-electron chi connectivity index (χ0n) is 6.96. The summed E-state index contributed by atoms with van der Waals surface area (Å²) in [4.78, 5) is 0. The number of rotatable bonds is 0. The lowest BCUT2D eigenvalue weighted by Crippen LogP contribution is -2.26. The largest absolute Gasteiger partial charge is 0.416 e. The minimum atomic E-state index is -4.74. The predicted molar refractivity (Wildman–Crippen MR) is 50.1 cm³/mol. The standard InChI is InChI=1S/C8H4F6I/c9-7(10,11)4-1-5(8(12,13)14)3-6(15)2-4/h1-4H. The summed E-state index contributed by atoms with van der Waals surface area (Å²) in [5, 5.41) is 0. The first-order valence-electron chi connectivity index (χ1n) is 3.68. The SMILES string of the molecule is FC(F)(F)C1=CC(C(F)(F)F)[CH]C(I)=C1. The maximum atomic E-state index is 12.2. The van der Waals surface area contributed by atoms with E-state index in [0.29, 0.717) is 6.08 Å². The van der Waals surface area contributed by atoms with Crippen molar-refractivity contribution in [3.05, 3.63) is 27.7 Å². The third-order valence-electron chi connectivity index (χ3n) is 1.70. The van der Waals surface area contributed by atoms with Gasteiger partial charge in [-0.2, -0.15) is 26.3 Å². The van der Waals surface area contributed by atoms with Gasteiger partial charge in [0.15, 0.2) is 0 Å². The molecule has 1 aliphatic carbocycles. The third-order valence-corrected chi connectivity index (χ3v) is 2.37. The molecule has 0 spiro atoms. The van der Waals surface area contributed by atoms with Gasteiger partial charge >= 0.3 is 12.4 Å². The summed E-state index contributed by atoms with van der Waals surface area (Å²) in [6.45, 7) is 0. The molecule has 0 saturated heterocycles. The molecule has 0 amide bonds. The normalized spacial score (nSPS) is 23.5. The van der Waals surface area contributed by atoms with Gasteiger partial charge in [-0.3, -0.25) is 0 Å². The van der Waals surface area contributed by atoms with Gasteiger partial charge in [-0.25, -0.2) is 0 Å². The molecule has 1 radical (unpaired) electrons. The average Bonchev–Trinajstić information content (AvgIpc) is 1.99. The van der Waals surface area contributed by atoms with Crippen molar-refractivity contribution in [3.63, 3.8) is 0 Å². The first kappa shape index (κ1) is 12.9. The lowest BCUT2D eigenvalue weighted by Gasteiger charge is -2.22. The van der Waals surface area contributed by atoms with Gasteiger partial charge in [0.1, 0.15) is 0 Å². The van der Waals surface area contributed by atoms with Crippen LogP contribution < -0.4 is 0 Å². The monoisotopic (exact) mass is 341 g/mol. The van der Waals surface area contributed by atoms with E-state index in [2.05, 4.69) is 0 Å². The first-order chi connectivity index (χ1) is 6.60. The van der Waals surface area contributed by atoms with Crippen molar-refractivity contribution in [2.45, 2.75) is 12.4 Å². The Labute approximate surface area is 95.2 Å². The molecule has 1 aliphatic rings. The van der Waals surface area contributed by atoms with Crippen LogP contribution in [0.25, 0.3) is 0 Å². The minimum absolute atomic E-state index is 0.0650. The summed E-state index contributed by atoms with van der Waals surface area (Å²) in [6.07, 6.45) is -7.81. The number of hydrogen-bond acceptors (Lipinski definition) is 0. The van der Waals surface area contributed by atoms with Gasteiger partial charge in [0.2, 0.25) is 0 Å². The summed E-state index contributed by atoms with van der Waals surface area (Å²) < 4.78 is 73.1. The summed E-state index contributed by atoms with van der Waals surface area (Å²) in [5.74, 6) is -2.16. The predicted octanol–water partition coefficient (Wildman–Crippen LogP) is 4.19. The lowest BCUT2D eigenvalue weighted by atomic mass is 9.95. The molecule has 7 heteroatoms. The summed E-state index contributed by atoms with van der Waals surface area (Å²) >= 11 is 1.43. The zero-order valence-corrected chi connectivity index (χ0v) is 9.11. The molecule has 0 aliphatic heterocycles. The summed E-state index contributed by atoms with van der Waals surface area (Å²) in [5.41, 5.74) is -1.25. The Kier molecular flexibility index (Phi) is 3.42. The van der Waals surface area contributed by atoms with Crippen LogP contribution in [0, 0.1) is 12.3 Å². The van der Waals surface area contributed by atoms with Gasteiger partial charge < -0.3 is 0 Å². The van der Waals surface area contributed by atoms with Crippen LogP contribution in [0.15, 0.2) is 21.3 Å². The fourth-order valence-electron chi connectivity index (χ4n) is 1.02. The Balaban J connectivity index is 3.02. The van der Waals surface area contributed by atoms with Crippen LogP contribution in [0.5, 0.6) is 0 Å². The topological polar surface area (TPSA) is 0 Å². The minimum Gasteiger partial charge on any atom is -0.170 e. The second-order valence-corrected chi connectivity index (χ2v) is 4.13. The molecule has 1 unspecified atom stereocenters. The molecule has 0 aromatic carbocycles. The van der Waals surface area contributed by atoms with E-state index < -0.39 is 23.8 Å². The highest BCUT2D eigenvalue weighted by Gasteiger charge is 2.43. The highest BCUT2D eigenvalue weighted by Crippen LogP contribution is 2.41. The molecule has 0 fully saturated rings. The van der Waals surface area contributed by atoms with Crippen molar-refractivity contribution in [2.24, 2.45) is 5.92 Å². The van der Waals surface area contributed by atoms with E-state index in [1.807, 2.05) is 0 Å². The van der Waals surface area contributed by atoms with Crippen LogP contribution in [-0.4, -0.2) is 12.4 Å². The van der Waals surface area contributed by atoms with Crippen molar-refractivity contribution < 1.29 is 26.3 Å². The molecule has 1 atom stereocenters. The summed E-state index contributed by atoms with van der Waals surface area (Å²) in [6, 6.07) is 0. The summed E-state index contributed by atoms with van der Waals surface area (Å²) in [7, 11) is 0. The molecular weight excluding hydrogens is 337 g/mol. The Morgan fingerprint density at radius 3 is 2.00 bits per heavy atom. The molecule has 1 rings (SSSR count). The Hall–Kier alpha value is -0.210. The van der Waals surface area contributed by atoms with Crippen molar-refractivity contribution >= 4 is 22.6 Å². The van der Waals surface area contributed by atoms with Crippen molar-refractivity contribution in [3.8, 4) is 0 Å². The lowest BCUT2D eigenvalue weighted by molar-refractivity contribution is -0.153. The number of allylic oxidation sites excluding steroid dienone is 4.